The minimum Gasteiger partial charge on any atom is -0.370 e. The van der Waals surface area contributed by atoms with Crippen molar-refractivity contribution >= 4 is 23.1 Å². The third kappa shape index (κ3) is 4.03. The average molecular weight is 439 g/mol. The molecule has 33 heavy (non-hydrogen) atoms. The van der Waals surface area contributed by atoms with Crippen LogP contribution in [0.15, 0.2) is 85.1 Å². The zero-order chi connectivity index (χ0) is 22.9. The average Bonchev–Trinajstić information content (AvgIpc) is 3.21. The van der Waals surface area contributed by atoms with E-state index in [1.54, 1.807) is 37.3 Å². The Balaban J connectivity index is 1.38. The molecule has 0 saturated heterocycles. The number of nitrogens with zero attached hydrogens (tertiary/aromatic N) is 1. The van der Waals surface area contributed by atoms with Crippen LogP contribution in [0.5, 0.6) is 0 Å². The van der Waals surface area contributed by atoms with Gasteiger partial charge in [-0.1, -0.05) is 24.3 Å². The van der Waals surface area contributed by atoms with E-state index in [1.165, 1.54) is 12.1 Å². The van der Waals surface area contributed by atoms with Gasteiger partial charge in [-0.3, -0.25) is 9.59 Å². The molecule has 2 heterocycles. The molecule has 1 unspecified atom stereocenters. The number of hydrogen-bond donors (Lipinski definition) is 2. The number of hydrogen-bond acceptors (Lipinski definition) is 3. The summed E-state index contributed by atoms with van der Waals surface area (Å²) in [6, 6.07) is 22.2. The molecule has 164 valence electrons. The van der Waals surface area contributed by atoms with E-state index < -0.39 is 17.8 Å². The number of aryl methyl sites for hydroxylation is 1. The van der Waals surface area contributed by atoms with Crippen molar-refractivity contribution in [3.05, 3.63) is 119 Å². The molecule has 1 aliphatic rings. The number of benzene rings is 3. The number of nitrogens with one attached hydrogen (secondary N) is 2. The quantitative estimate of drug-likeness (QED) is 0.408. The SMILES string of the molecule is Cc1ccc(F)cc1C(=O)Nc1ccc(C(=O)C2Nc3ccccc3Cn3cccc32)cc1. The van der Waals surface area contributed by atoms with Crippen molar-refractivity contribution in [3.8, 4) is 0 Å². The minimum atomic E-state index is -0.529. The molecule has 1 amide bonds. The third-order valence-corrected chi connectivity index (χ3v) is 5.95. The Labute approximate surface area is 190 Å². The van der Waals surface area contributed by atoms with Gasteiger partial charge in [0.2, 0.25) is 0 Å². The summed E-state index contributed by atoms with van der Waals surface area (Å²) in [4.78, 5) is 26.0. The highest BCUT2D eigenvalue weighted by atomic mass is 19.1. The van der Waals surface area contributed by atoms with Gasteiger partial charge >= 0.3 is 0 Å². The van der Waals surface area contributed by atoms with E-state index >= 15 is 0 Å². The Morgan fingerprint density at radius 3 is 2.61 bits per heavy atom. The Bertz CT molecular complexity index is 1360. The zero-order valence-electron chi connectivity index (χ0n) is 18.0. The number of halogens is 1. The van der Waals surface area contributed by atoms with Crippen molar-refractivity contribution in [2.75, 3.05) is 10.6 Å². The Hall–Kier alpha value is -4.19. The van der Waals surface area contributed by atoms with Gasteiger partial charge in [0, 0.05) is 40.9 Å². The van der Waals surface area contributed by atoms with Gasteiger partial charge in [-0.25, -0.2) is 4.39 Å². The molecular weight excluding hydrogens is 417 g/mol. The van der Waals surface area contributed by atoms with E-state index in [-0.39, 0.29) is 11.3 Å². The molecule has 0 saturated carbocycles. The predicted molar refractivity (Wildman–Crippen MR) is 126 cm³/mol. The lowest BCUT2D eigenvalue weighted by Crippen LogP contribution is -2.22. The lowest BCUT2D eigenvalue weighted by atomic mass is 10.0. The molecule has 0 bridgehead atoms. The first-order chi connectivity index (χ1) is 16.0. The van der Waals surface area contributed by atoms with Gasteiger partial charge in [0.05, 0.1) is 0 Å². The van der Waals surface area contributed by atoms with E-state index in [0.717, 1.165) is 16.9 Å². The third-order valence-electron chi connectivity index (χ3n) is 5.95. The van der Waals surface area contributed by atoms with Crippen LogP contribution in [0.2, 0.25) is 0 Å². The highest BCUT2D eigenvalue weighted by Crippen LogP contribution is 2.31. The summed E-state index contributed by atoms with van der Waals surface area (Å²) in [5.41, 5.74) is 4.97. The molecule has 2 N–H and O–H groups in total. The highest BCUT2D eigenvalue weighted by Gasteiger charge is 2.28. The first-order valence-electron chi connectivity index (χ1n) is 10.7. The standard InChI is InChI=1S/C27H22FN3O2/c1-17-8-11-20(28)15-22(17)27(33)29-21-12-9-18(10-13-21)26(32)25-24-7-4-14-31(24)16-19-5-2-3-6-23(19)30-25/h2-15,25,30H,16H2,1H3,(H,29,33). The van der Waals surface area contributed by atoms with Crippen LogP contribution in [-0.4, -0.2) is 16.3 Å². The summed E-state index contributed by atoms with van der Waals surface area (Å²) in [6.07, 6.45) is 1.98. The number of amides is 1. The van der Waals surface area contributed by atoms with E-state index in [9.17, 15) is 14.0 Å². The minimum absolute atomic E-state index is 0.0643. The first-order valence-corrected chi connectivity index (χ1v) is 10.7. The molecule has 1 atom stereocenters. The fourth-order valence-corrected chi connectivity index (χ4v) is 4.17. The number of fused-ring (bicyclic) bond motifs is 2. The molecule has 0 radical (unpaired) electrons. The fraction of sp³-hybridized carbons (Fsp3) is 0.111. The number of carbonyl (C=O) groups is 2. The molecule has 3 aromatic carbocycles. The van der Waals surface area contributed by atoms with E-state index in [2.05, 4.69) is 21.3 Å². The van der Waals surface area contributed by atoms with Crippen LogP contribution in [0.4, 0.5) is 15.8 Å². The topological polar surface area (TPSA) is 63.1 Å². The summed E-state index contributed by atoms with van der Waals surface area (Å²) in [5.74, 6) is -0.926. The van der Waals surface area contributed by atoms with E-state index in [4.69, 9.17) is 0 Å². The number of carbonyl (C=O) groups excluding carboxylic acids is 2. The Morgan fingerprint density at radius 2 is 1.79 bits per heavy atom. The maximum Gasteiger partial charge on any atom is 0.256 e. The van der Waals surface area contributed by atoms with Gasteiger partial charge in [0.15, 0.2) is 5.78 Å². The monoisotopic (exact) mass is 439 g/mol. The van der Waals surface area contributed by atoms with Crippen molar-refractivity contribution in [1.29, 1.82) is 0 Å². The normalized spacial score (nSPS) is 14.4. The number of Topliss-reactive ketones (excluding diaryl/α,β-unsaturated/α-hetero) is 1. The molecule has 1 aliphatic heterocycles. The van der Waals surface area contributed by atoms with Crippen LogP contribution in [0.25, 0.3) is 0 Å². The molecule has 5 nitrogen and oxygen atoms in total. The molecular formula is C27H22FN3O2. The maximum absolute atomic E-state index is 13.5. The molecule has 1 aromatic heterocycles. The zero-order valence-corrected chi connectivity index (χ0v) is 18.0. The summed E-state index contributed by atoms with van der Waals surface area (Å²) in [6.45, 7) is 2.45. The number of ketones is 1. The van der Waals surface area contributed by atoms with Crippen LogP contribution >= 0.6 is 0 Å². The lowest BCUT2D eigenvalue weighted by Gasteiger charge is -2.18. The molecule has 0 aliphatic carbocycles. The largest absolute Gasteiger partial charge is 0.370 e. The van der Waals surface area contributed by atoms with Crippen LogP contribution in [0.3, 0.4) is 0 Å². The first kappa shape index (κ1) is 20.7. The molecule has 6 heteroatoms. The number of rotatable bonds is 4. The summed E-state index contributed by atoms with van der Waals surface area (Å²) in [5, 5.41) is 6.17. The number of aromatic nitrogens is 1. The number of anilines is 2. The second kappa shape index (κ2) is 8.39. The van der Waals surface area contributed by atoms with Gasteiger partial charge in [-0.05, 0) is 72.6 Å². The smallest absolute Gasteiger partial charge is 0.256 e. The lowest BCUT2D eigenvalue weighted by molar-refractivity contribution is 0.0966. The van der Waals surface area contributed by atoms with Crippen molar-refractivity contribution in [2.24, 2.45) is 0 Å². The highest BCUT2D eigenvalue weighted by molar-refractivity contribution is 6.06. The van der Waals surface area contributed by atoms with E-state index in [0.29, 0.717) is 23.4 Å². The van der Waals surface area contributed by atoms with Gasteiger partial charge in [0.25, 0.3) is 5.91 Å². The van der Waals surface area contributed by atoms with Gasteiger partial charge < -0.3 is 15.2 Å². The Morgan fingerprint density at radius 1 is 1.00 bits per heavy atom. The molecule has 0 spiro atoms. The van der Waals surface area contributed by atoms with Crippen molar-refractivity contribution in [2.45, 2.75) is 19.5 Å². The molecule has 4 aromatic rings. The Kier molecular flexibility index (Phi) is 5.26. The van der Waals surface area contributed by atoms with Gasteiger partial charge in [-0.2, -0.15) is 0 Å². The van der Waals surface area contributed by atoms with Crippen molar-refractivity contribution < 1.29 is 14.0 Å². The van der Waals surface area contributed by atoms with Crippen LogP contribution in [-0.2, 0) is 6.54 Å². The van der Waals surface area contributed by atoms with Crippen LogP contribution < -0.4 is 10.6 Å². The van der Waals surface area contributed by atoms with Crippen molar-refractivity contribution in [1.82, 2.24) is 4.57 Å². The summed E-state index contributed by atoms with van der Waals surface area (Å²) < 4.78 is 15.6. The fourth-order valence-electron chi connectivity index (χ4n) is 4.17. The van der Waals surface area contributed by atoms with Gasteiger partial charge in [0.1, 0.15) is 11.9 Å². The van der Waals surface area contributed by atoms with Crippen LogP contribution in [0.1, 0.15) is 43.6 Å². The molecule has 5 rings (SSSR count). The second-order valence-corrected chi connectivity index (χ2v) is 8.15. The number of para-hydroxylation sites is 1. The summed E-state index contributed by atoms with van der Waals surface area (Å²) >= 11 is 0. The molecule has 0 fully saturated rings. The van der Waals surface area contributed by atoms with E-state index in [1.807, 2.05) is 36.5 Å². The maximum atomic E-state index is 13.5. The second-order valence-electron chi connectivity index (χ2n) is 8.15. The van der Waals surface area contributed by atoms with Gasteiger partial charge in [-0.15, -0.1) is 0 Å². The summed E-state index contributed by atoms with van der Waals surface area (Å²) in [7, 11) is 0. The van der Waals surface area contributed by atoms with Crippen LogP contribution in [0, 0.1) is 12.7 Å². The predicted octanol–water partition coefficient (Wildman–Crippen LogP) is 5.59. The van der Waals surface area contributed by atoms with Crippen molar-refractivity contribution in [3.63, 3.8) is 0 Å².